The summed E-state index contributed by atoms with van der Waals surface area (Å²) in [6.45, 7) is 9.42. The molecule has 1 aliphatic heterocycles. The number of amides is 1. The predicted molar refractivity (Wildman–Crippen MR) is 111 cm³/mol. The molecule has 7 nitrogen and oxygen atoms in total. The summed E-state index contributed by atoms with van der Waals surface area (Å²) in [4.78, 5) is 13.7. The summed E-state index contributed by atoms with van der Waals surface area (Å²) in [7, 11) is -2.55. The fourth-order valence-electron chi connectivity index (χ4n) is 3.97. The van der Waals surface area contributed by atoms with E-state index in [0.717, 1.165) is 25.9 Å². The van der Waals surface area contributed by atoms with Crippen LogP contribution in [0.5, 0.6) is 5.75 Å². The molecule has 0 saturated carbocycles. The molecule has 0 aromatic heterocycles. The molecular formula is C20H33N3O4S. The molecule has 1 aromatic rings. The van der Waals surface area contributed by atoms with Crippen molar-refractivity contribution < 1.29 is 17.9 Å². The van der Waals surface area contributed by atoms with Crippen LogP contribution in [-0.4, -0.2) is 56.4 Å². The number of methoxy groups -OCH3 is 1. The summed E-state index contributed by atoms with van der Waals surface area (Å²) in [6, 6.07) is 6.69. The van der Waals surface area contributed by atoms with Crippen LogP contribution in [0.25, 0.3) is 0 Å². The highest BCUT2D eigenvalue weighted by molar-refractivity contribution is 7.91. The van der Waals surface area contributed by atoms with Gasteiger partial charge in [-0.15, -0.1) is 0 Å². The van der Waals surface area contributed by atoms with E-state index < -0.39 is 20.8 Å². The second-order valence-electron chi connectivity index (χ2n) is 7.79. The van der Waals surface area contributed by atoms with Gasteiger partial charge in [-0.25, -0.2) is 13.1 Å². The van der Waals surface area contributed by atoms with Crippen LogP contribution in [0.3, 0.4) is 0 Å². The quantitative estimate of drug-likeness (QED) is 0.649. The van der Waals surface area contributed by atoms with Crippen LogP contribution < -0.4 is 14.8 Å². The lowest BCUT2D eigenvalue weighted by Gasteiger charge is -2.36. The van der Waals surface area contributed by atoms with Gasteiger partial charge in [-0.05, 0) is 65.3 Å². The number of nitrogens with zero attached hydrogens (tertiary/aromatic N) is 1. The average molecular weight is 412 g/mol. The van der Waals surface area contributed by atoms with Crippen molar-refractivity contribution in [3.8, 4) is 5.75 Å². The molecular weight excluding hydrogens is 378 g/mol. The zero-order valence-corrected chi connectivity index (χ0v) is 18.3. The molecule has 158 valence electrons. The van der Waals surface area contributed by atoms with Crippen LogP contribution in [0.15, 0.2) is 24.3 Å². The number of nitrogens with one attached hydrogen (secondary N) is 2. The molecule has 2 unspecified atom stereocenters. The van der Waals surface area contributed by atoms with Gasteiger partial charge < -0.3 is 9.64 Å². The van der Waals surface area contributed by atoms with Crippen molar-refractivity contribution in [3.63, 3.8) is 0 Å². The molecule has 1 amide bonds. The lowest BCUT2D eigenvalue weighted by molar-refractivity contribution is 0.0976. The van der Waals surface area contributed by atoms with Crippen LogP contribution in [0.4, 0.5) is 0 Å². The number of carbonyl (C=O) groups is 1. The Balaban J connectivity index is 2.29. The van der Waals surface area contributed by atoms with Crippen molar-refractivity contribution in [2.45, 2.75) is 63.9 Å². The van der Waals surface area contributed by atoms with Crippen LogP contribution in [0, 0.1) is 0 Å². The van der Waals surface area contributed by atoms with Crippen molar-refractivity contribution in [1.29, 1.82) is 0 Å². The Morgan fingerprint density at radius 1 is 1.36 bits per heavy atom. The minimum Gasteiger partial charge on any atom is -0.496 e. The van der Waals surface area contributed by atoms with E-state index in [4.69, 9.17) is 4.74 Å². The van der Waals surface area contributed by atoms with E-state index in [2.05, 4.69) is 21.9 Å². The lowest BCUT2D eigenvalue weighted by Crippen LogP contribution is -2.59. The van der Waals surface area contributed by atoms with E-state index in [1.165, 1.54) is 7.11 Å². The zero-order valence-electron chi connectivity index (χ0n) is 17.5. The van der Waals surface area contributed by atoms with Crippen molar-refractivity contribution in [2.24, 2.45) is 0 Å². The third-order valence-corrected chi connectivity index (χ3v) is 7.22. The number of carbonyl (C=O) groups excluding carboxylic acids is 1. The Bertz CT molecular complexity index is 781. The molecule has 1 fully saturated rings. The van der Waals surface area contributed by atoms with Gasteiger partial charge in [0.1, 0.15) is 10.6 Å². The van der Waals surface area contributed by atoms with Crippen molar-refractivity contribution in [1.82, 2.24) is 14.9 Å². The number of rotatable bonds is 9. The Morgan fingerprint density at radius 2 is 2.04 bits per heavy atom. The first-order valence-electron chi connectivity index (χ1n) is 9.85. The number of benzene rings is 1. The second kappa shape index (κ2) is 9.24. The summed E-state index contributed by atoms with van der Waals surface area (Å²) >= 11 is 0. The smallest absolute Gasteiger partial charge is 0.268 e. The standard InChI is InChI=1S/C20H33N3O4S/c1-6-23-13-9-10-16(23)14-20(4,21-15(2)3)28(25,26)22-19(24)17-11-7-8-12-18(17)27-5/h7-8,11-12,15-16,21H,6,9-10,13-14H2,1-5H3,(H,22,24). The van der Waals surface area contributed by atoms with E-state index in [1.807, 2.05) is 13.8 Å². The summed E-state index contributed by atoms with van der Waals surface area (Å²) < 4.78 is 34.1. The molecule has 2 atom stereocenters. The first-order chi connectivity index (χ1) is 13.1. The molecule has 0 spiro atoms. The van der Waals surface area contributed by atoms with E-state index in [0.29, 0.717) is 12.2 Å². The third kappa shape index (κ3) is 5.04. The fourth-order valence-corrected chi connectivity index (χ4v) is 5.35. The van der Waals surface area contributed by atoms with Gasteiger partial charge in [-0.2, -0.15) is 0 Å². The van der Waals surface area contributed by atoms with Crippen LogP contribution in [-0.2, 0) is 10.0 Å². The van der Waals surface area contributed by atoms with Gasteiger partial charge in [0.15, 0.2) is 0 Å². The zero-order chi connectivity index (χ0) is 20.9. The summed E-state index contributed by atoms with van der Waals surface area (Å²) in [5.41, 5.74) is 0.191. The highest BCUT2D eigenvalue weighted by Crippen LogP contribution is 2.29. The number of likely N-dealkylation sites (tertiary alicyclic amines) is 1. The minimum absolute atomic E-state index is 0.0561. The highest BCUT2D eigenvalue weighted by atomic mass is 32.2. The number of ether oxygens (including phenoxy) is 1. The number of hydrogen-bond acceptors (Lipinski definition) is 6. The van der Waals surface area contributed by atoms with Gasteiger partial charge >= 0.3 is 0 Å². The van der Waals surface area contributed by atoms with Crippen LogP contribution in [0.2, 0.25) is 0 Å². The number of para-hydroxylation sites is 1. The predicted octanol–water partition coefficient (Wildman–Crippen LogP) is 2.34. The van der Waals surface area contributed by atoms with Gasteiger partial charge in [0, 0.05) is 12.1 Å². The normalized spacial score (nSPS) is 20.1. The maximum atomic E-state index is 13.3. The van der Waals surface area contributed by atoms with Crippen LogP contribution in [0.1, 0.15) is 57.3 Å². The maximum absolute atomic E-state index is 13.3. The second-order valence-corrected chi connectivity index (χ2v) is 9.91. The SMILES string of the molecule is CCN1CCCC1CC(C)(NC(C)C)S(=O)(=O)NC(=O)c1ccccc1OC. The first kappa shape index (κ1) is 22.6. The van der Waals surface area contributed by atoms with Crippen LogP contribution >= 0.6 is 0 Å². The molecule has 0 aliphatic carbocycles. The van der Waals surface area contributed by atoms with Crippen molar-refractivity contribution >= 4 is 15.9 Å². The molecule has 1 aliphatic rings. The lowest BCUT2D eigenvalue weighted by atomic mass is 10.0. The first-order valence-corrected chi connectivity index (χ1v) is 11.3. The Kier molecular flexibility index (Phi) is 7.47. The van der Waals surface area contributed by atoms with Gasteiger partial charge in [-0.1, -0.05) is 19.1 Å². The molecule has 2 rings (SSSR count). The summed E-state index contributed by atoms with van der Waals surface area (Å²) in [6.07, 6.45) is 2.43. The maximum Gasteiger partial charge on any atom is 0.268 e. The fraction of sp³-hybridized carbons (Fsp3) is 0.650. The third-order valence-electron chi connectivity index (χ3n) is 5.30. The van der Waals surface area contributed by atoms with Gasteiger partial charge in [-0.3, -0.25) is 10.1 Å². The van der Waals surface area contributed by atoms with Crippen molar-refractivity contribution in [2.75, 3.05) is 20.2 Å². The topological polar surface area (TPSA) is 87.7 Å². The number of sulfonamides is 1. The van der Waals surface area contributed by atoms with Gasteiger partial charge in [0.05, 0.1) is 12.7 Å². The molecule has 1 aromatic carbocycles. The molecule has 0 bridgehead atoms. The van der Waals surface area contributed by atoms with E-state index >= 15 is 0 Å². The average Bonchev–Trinajstić information content (AvgIpc) is 3.07. The molecule has 8 heteroatoms. The molecule has 0 radical (unpaired) electrons. The highest BCUT2D eigenvalue weighted by Gasteiger charge is 2.44. The molecule has 28 heavy (non-hydrogen) atoms. The van der Waals surface area contributed by atoms with Gasteiger partial charge in [0.25, 0.3) is 15.9 Å². The Hall–Kier alpha value is -1.64. The Labute approximate surface area is 168 Å². The van der Waals surface area contributed by atoms with E-state index in [9.17, 15) is 13.2 Å². The van der Waals surface area contributed by atoms with Gasteiger partial charge in [0.2, 0.25) is 0 Å². The molecule has 1 heterocycles. The van der Waals surface area contributed by atoms with E-state index in [1.54, 1.807) is 31.2 Å². The number of hydrogen-bond donors (Lipinski definition) is 2. The monoisotopic (exact) mass is 411 g/mol. The Morgan fingerprint density at radius 3 is 2.64 bits per heavy atom. The summed E-state index contributed by atoms with van der Waals surface area (Å²) in [5, 5.41) is 3.19. The van der Waals surface area contributed by atoms with E-state index in [-0.39, 0.29) is 17.6 Å². The molecule has 1 saturated heterocycles. The van der Waals surface area contributed by atoms with Crippen molar-refractivity contribution in [3.05, 3.63) is 29.8 Å². The minimum atomic E-state index is -4.00. The molecule has 2 N–H and O–H groups in total. The summed E-state index contributed by atoms with van der Waals surface area (Å²) in [5.74, 6) is -0.352. The largest absolute Gasteiger partial charge is 0.496 e.